The molecule has 4 heteroatoms. The molecular weight excluding hydrogens is 362 g/mol. The summed E-state index contributed by atoms with van der Waals surface area (Å²) in [4.78, 5) is 0. The fraction of sp³-hybridized carbons (Fsp3) is 0. The van der Waals surface area contributed by atoms with Crippen molar-refractivity contribution in [1.29, 1.82) is 0 Å². The Morgan fingerprint density at radius 3 is 1.25 bits per heavy atom. The van der Waals surface area contributed by atoms with Gasteiger partial charge in [-0.2, -0.15) is 0 Å². The summed E-state index contributed by atoms with van der Waals surface area (Å²) in [6.07, 6.45) is 0. The molecule has 0 N–H and O–H groups in total. The molecule has 0 aromatic heterocycles. The molecular formula is H5CdInOSn. The van der Waals surface area contributed by atoms with Crippen molar-refractivity contribution in [2.75, 3.05) is 0 Å². The van der Waals surface area contributed by atoms with E-state index in [9.17, 15) is 0 Å². The van der Waals surface area contributed by atoms with Gasteiger partial charge in [0.2, 0.25) is 0 Å². The van der Waals surface area contributed by atoms with Gasteiger partial charge in [0.05, 0.1) is 0 Å². The summed E-state index contributed by atoms with van der Waals surface area (Å²) in [5.74, 6) is 0. The molecule has 0 atom stereocenters. The molecule has 1 nitrogen and oxygen atoms in total. The fourth-order valence-electron chi connectivity index (χ4n) is 0. The second kappa shape index (κ2) is 18.2. The van der Waals surface area contributed by atoms with Gasteiger partial charge in [0.1, 0.15) is 0 Å². The number of hydrogen-bond donors (Lipinski definition) is 0. The van der Waals surface area contributed by atoms with Crippen molar-refractivity contribution in [3.8, 4) is 0 Å². The first-order chi connectivity index (χ1) is 1.00. The van der Waals surface area contributed by atoms with E-state index in [0.717, 1.165) is 0 Å². The van der Waals surface area contributed by atoms with E-state index >= 15 is 0 Å². The molecule has 0 aromatic rings. The molecule has 0 saturated carbocycles. The van der Waals surface area contributed by atoms with Crippen LogP contribution in [0.15, 0.2) is 0 Å². The predicted molar refractivity (Wildman–Crippen MR) is 19.2 cm³/mol. The van der Waals surface area contributed by atoms with Crippen LogP contribution in [0.2, 0.25) is 0 Å². The maximum atomic E-state index is 8.42. The first-order valence-corrected chi connectivity index (χ1v) is 1.94. The zero-order chi connectivity index (χ0) is 2.00. The van der Waals surface area contributed by atoms with Gasteiger partial charge in [-0.25, -0.2) is 0 Å². The van der Waals surface area contributed by atoms with Crippen LogP contribution in [0.5, 0.6) is 0 Å². The van der Waals surface area contributed by atoms with Crippen LogP contribution in [0.25, 0.3) is 0 Å². The van der Waals surface area contributed by atoms with Crippen molar-refractivity contribution < 1.29 is 30.2 Å². The molecule has 4 heavy (non-hydrogen) atoms. The average molecular weight is 367 g/mol. The minimum absolute atomic E-state index is 0. The van der Waals surface area contributed by atoms with Crippen molar-refractivity contribution in [2.24, 2.45) is 0 Å². The quantitative estimate of drug-likeness (QED) is 0.444. The van der Waals surface area contributed by atoms with Gasteiger partial charge in [-0.05, 0) is 0 Å². The third-order valence-electron chi connectivity index (χ3n) is 0. The molecule has 20 valence electrons. The summed E-state index contributed by atoms with van der Waals surface area (Å²) >= 11 is -0.1000. The molecule has 0 rings (SSSR count). The zero-order valence-corrected chi connectivity index (χ0v) is 9.90. The molecule has 0 unspecified atom stereocenters. The van der Waals surface area contributed by atoms with Crippen LogP contribution in [0, 0.1) is 0 Å². The standard InChI is InChI=1S/Cd.In.O.Sn.5H. The molecule has 0 fully saturated rings. The summed E-state index contributed by atoms with van der Waals surface area (Å²) in [7, 11) is 0. The molecule has 0 amide bonds. The molecule has 0 radical (unpaired) electrons. The Morgan fingerprint density at radius 2 is 1.25 bits per heavy atom. The average Bonchev–Trinajstić information content (AvgIpc) is 1.00. The Bertz CT molecular complexity index is 8.00. The van der Waals surface area contributed by atoms with Gasteiger partial charge >= 0.3 is 51.1 Å². The monoisotopic (exact) mass is 370 g/mol. The van der Waals surface area contributed by atoms with Crippen LogP contribution in [-0.2, 0) is 30.2 Å². The number of hydrogen-bond acceptors (Lipinski definition) is 1. The minimum atomic E-state index is -0.1000. The molecule has 0 bridgehead atoms. The fourth-order valence-corrected chi connectivity index (χ4v) is 0. The van der Waals surface area contributed by atoms with Gasteiger partial charge in [-0.3, -0.25) is 0 Å². The van der Waals surface area contributed by atoms with Crippen LogP contribution in [0.1, 0.15) is 0 Å². The Kier molecular flexibility index (Phi) is 73.4. The van der Waals surface area contributed by atoms with Gasteiger partial charge in [0.25, 0.3) is 0 Å². The summed E-state index contributed by atoms with van der Waals surface area (Å²) in [6, 6.07) is 0. The van der Waals surface area contributed by atoms with E-state index in [0.29, 0.717) is 0 Å². The Balaban J connectivity index is -0.00000000500. The summed E-state index contributed by atoms with van der Waals surface area (Å²) < 4.78 is 8.42. The summed E-state index contributed by atoms with van der Waals surface area (Å²) in [6.45, 7) is 0. The van der Waals surface area contributed by atoms with Crippen molar-refractivity contribution in [3.05, 3.63) is 0 Å². The van der Waals surface area contributed by atoms with Crippen LogP contribution in [-0.4, -0.2) is 48.3 Å². The number of rotatable bonds is 0. The van der Waals surface area contributed by atoms with Crippen molar-refractivity contribution in [1.82, 2.24) is 0 Å². The zero-order valence-electron chi connectivity index (χ0n) is 1.82. The van der Waals surface area contributed by atoms with E-state index in [1.807, 2.05) is 0 Å². The Labute approximate surface area is 77.0 Å². The molecule has 0 saturated heterocycles. The first kappa shape index (κ1) is 16.2. The molecule has 0 spiro atoms. The van der Waals surface area contributed by atoms with E-state index in [2.05, 4.69) is 0 Å². The SMILES string of the molecule is [Cd].[O]=[InH].[SnH4]. The van der Waals surface area contributed by atoms with E-state index < -0.39 is 0 Å². The predicted octanol–water partition coefficient (Wildman–Crippen LogP) is -2.22. The first-order valence-electron chi connectivity index (χ1n) is 0.289. The second-order valence-electron chi connectivity index (χ2n) is 0. The van der Waals surface area contributed by atoms with Crippen LogP contribution < -0.4 is 0 Å². The van der Waals surface area contributed by atoms with Crippen molar-refractivity contribution in [3.63, 3.8) is 0 Å². The van der Waals surface area contributed by atoms with Crippen LogP contribution in [0.4, 0.5) is 0 Å². The Morgan fingerprint density at radius 1 is 1.25 bits per heavy atom. The third-order valence-corrected chi connectivity index (χ3v) is 0. The Hall–Kier alpha value is 2.39. The van der Waals surface area contributed by atoms with Crippen LogP contribution >= 0.6 is 0 Å². The van der Waals surface area contributed by atoms with Gasteiger partial charge < -0.3 is 0 Å². The summed E-state index contributed by atoms with van der Waals surface area (Å²) in [5, 5.41) is 0. The van der Waals surface area contributed by atoms with Gasteiger partial charge in [0.15, 0.2) is 0 Å². The molecule has 0 heterocycles. The molecule has 0 aromatic carbocycles. The van der Waals surface area contributed by atoms with Gasteiger partial charge in [-0.1, -0.05) is 0 Å². The third kappa shape index (κ3) is 8.83. The van der Waals surface area contributed by atoms with Gasteiger partial charge in [0, 0.05) is 27.3 Å². The van der Waals surface area contributed by atoms with Crippen molar-refractivity contribution in [2.45, 2.75) is 0 Å². The van der Waals surface area contributed by atoms with E-state index in [-0.39, 0.29) is 75.6 Å². The maximum absolute atomic E-state index is 8.42. The second-order valence-corrected chi connectivity index (χ2v) is 0. The van der Waals surface area contributed by atoms with Crippen LogP contribution in [0.3, 0.4) is 0 Å². The van der Waals surface area contributed by atoms with E-state index in [4.69, 9.17) is 2.85 Å². The summed E-state index contributed by atoms with van der Waals surface area (Å²) in [5.41, 5.74) is 0. The molecule has 0 aliphatic carbocycles. The molecule has 0 aliphatic heterocycles. The van der Waals surface area contributed by atoms with Crippen molar-refractivity contribution >= 4 is 48.3 Å². The van der Waals surface area contributed by atoms with E-state index in [1.54, 1.807) is 0 Å². The normalized spacial score (nSPS) is 0.750. The van der Waals surface area contributed by atoms with Gasteiger partial charge in [-0.15, -0.1) is 0 Å². The molecule has 0 aliphatic rings. The topological polar surface area (TPSA) is 17.1 Å². The van der Waals surface area contributed by atoms with E-state index in [1.165, 1.54) is 0 Å².